The molecule has 20 heavy (non-hydrogen) atoms. The Morgan fingerprint density at radius 2 is 1.80 bits per heavy atom. The molecule has 2 rings (SSSR count). The van der Waals surface area contributed by atoms with Crippen molar-refractivity contribution in [2.75, 3.05) is 10.5 Å². The van der Waals surface area contributed by atoms with Crippen LogP contribution in [0.1, 0.15) is 0 Å². The van der Waals surface area contributed by atoms with Crippen molar-refractivity contribution >= 4 is 37.3 Å². The van der Waals surface area contributed by atoms with Crippen molar-refractivity contribution < 1.29 is 17.2 Å². The molecule has 0 unspecified atom stereocenters. The molecule has 2 aromatic carbocycles. The first-order valence-electron chi connectivity index (χ1n) is 5.33. The molecule has 0 aliphatic heterocycles. The number of anilines is 2. The van der Waals surface area contributed by atoms with E-state index in [0.29, 0.717) is 10.5 Å². The first-order chi connectivity index (χ1) is 9.31. The molecule has 4 nitrogen and oxygen atoms in total. The van der Waals surface area contributed by atoms with Gasteiger partial charge in [0, 0.05) is 10.5 Å². The summed E-state index contributed by atoms with van der Waals surface area (Å²) in [5, 5.41) is 0. The lowest BCUT2D eigenvalue weighted by Crippen LogP contribution is -2.16. The third kappa shape index (κ3) is 2.91. The zero-order valence-electron chi connectivity index (χ0n) is 9.90. The molecule has 0 bridgehead atoms. The molecule has 0 saturated carbocycles. The Balaban J connectivity index is 2.47. The Morgan fingerprint density at radius 3 is 2.40 bits per heavy atom. The van der Waals surface area contributed by atoms with Gasteiger partial charge in [0.15, 0.2) is 5.82 Å². The zero-order valence-corrected chi connectivity index (χ0v) is 12.3. The van der Waals surface area contributed by atoms with E-state index >= 15 is 0 Å². The number of hydrogen-bond acceptors (Lipinski definition) is 3. The summed E-state index contributed by atoms with van der Waals surface area (Å²) in [4.78, 5) is -0.0804. The lowest BCUT2D eigenvalue weighted by Gasteiger charge is -2.12. The van der Waals surface area contributed by atoms with Gasteiger partial charge in [-0.05, 0) is 34.1 Å². The first-order valence-corrected chi connectivity index (χ1v) is 7.61. The number of nitrogens with one attached hydrogen (secondary N) is 1. The fourth-order valence-electron chi connectivity index (χ4n) is 1.55. The summed E-state index contributed by atoms with van der Waals surface area (Å²) in [7, 11) is -4.04. The molecule has 0 fully saturated rings. The predicted octanol–water partition coefficient (Wildman–Crippen LogP) is 3.11. The predicted molar refractivity (Wildman–Crippen MR) is 75.7 cm³/mol. The van der Waals surface area contributed by atoms with Crippen molar-refractivity contribution in [3.8, 4) is 0 Å². The van der Waals surface area contributed by atoms with Crippen molar-refractivity contribution in [1.82, 2.24) is 0 Å². The lowest BCUT2D eigenvalue weighted by molar-refractivity contribution is 0.583. The SMILES string of the molecule is Nc1cc(F)cc(F)c1NS(=O)(=O)c1ccccc1Br. The Kier molecular flexibility index (Phi) is 3.96. The van der Waals surface area contributed by atoms with Crippen molar-refractivity contribution in [1.29, 1.82) is 0 Å². The highest BCUT2D eigenvalue weighted by Gasteiger charge is 2.21. The molecule has 0 radical (unpaired) electrons. The van der Waals surface area contributed by atoms with Crippen molar-refractivity contribution in [3.05, 3.63) is 52.5 Å². The van der Waals surface area contributed by atoms with Gasteiger partial charge < -0.3 is 5.73 Å². The van der Waals surface area contributed by atoms with Crippen molar-refractivity contribution in [2.24, 2.45) is 0 Å². The molecule has 0 saturated heterocycles. The molecular weight excluding hydrogens is 354 g/mol. The third-order valence-electron chi connectivity index (χ3n) is 2.45. The van der Waals surface area contributed by atoms with E-state index in [2.05, 4.69) is 15.9 Å². The number of hydrogen-bond donors (Lipinski definition) is 2. The number of sulfonamides is 1. The molecule has 0 spiro atoms. The summed E-state index contributed by atoms with van der Waals surface area (Å²) >= 11 is 3.09. The van der Waals surface area contributed by atoms with Crippen LogP contribution in [0.15, 0.2) is 45.8 Å². The standard InChI is InChI=1S/C12H9BrF2N2O2S/c13-8-3-1-2-4-11(8)20(18,19)17-12-9(15)5-7(14)6-10(12)16/h1-6,17H,16H2. The van der Waals surface area contributed by atoms with Gasteiger partial charge in [0.25, 0.3) is 10.0 Å². The minimum absolute atomic E-state index is 0.0804. The van der Waals surface area contributed by atoms with Crippen molar-refractivity contribution in [3.63, 3.8) is 0 Å². The van der Waals surface area contributed by atoms with Gasteiger partial charge in [-0.1, -0.05) is 12.1 Å². The fourth-order valence-corrected chi connectivity index (χ4v) is 3.65. The van der Waals surface area contributed by atoms with Gasteiger partial charge in [-0.25, -0.2) is 17.2 Å². The van der Waals surface area contributed by atoms with E-state index in [1.165, 1.54) is 18.2 Å². The normalized spacial score (nSPS) is 11.3. The Labute approximate surface area is 122 Å². The molecular formula is C12H9BrF2N2O2S. The summed E-state index contributed by atoms with van der Waals surface area (Å²) in [6.45, 7) is 0. The van der Waals surface area contributed by atoms with E-state index in [9.17, 15) is 17.2 Å². The lowest BCUT2D eigenvalue weighted by atomic mass is 10.2. The average molecular weight is 363 g/mol. The fraction of sp³-hybridized carbons (Fsp3) is 0. The second-order valence-corrected chi connectivity index (χ2v) is 6.39. The van der Waals surface area contributed by atoms with Crippen LogP contribution in [0.3, 0.4) is 0 Å². The maximum Gasteiger partial charge on any atom is 0.263 e. The number of nitrogens with two attached hydrogens (primary N) is 1. The summed E-state index contributed by atoms with van der Waals surface area (Å²) in [6, 6.07) is 7.40. The quantitative estimate of drug-likeness (QED) is 0.824. The van der Waals surface area contributed by atoms with Crippen LogP contribution in [0.4, 0.5) is 20.2 Å². The van der Waals surface area contributed by atoms with Crippen LogP contribution in [0, 0.1) is 11.6 Å². The zero-order chi connectivity index (χ0) is 14.9. The summed E-state index contributed by atoms with van der Waals surface area (Å²) in [6.07, 6.45) is 0. The maximum absolute atomic E-state index is 13.6. The van der Waals surface area contributed by atoms with E-state index in [1.54, 1.807) is 6.07 Å². The second-order valence-electron chi connectivity index (χ2n) is 3.89. The van der Waals surface area contributed by atoms with Crippen LogP contribution in [0.5, 0.6) is 0 Å². The molecule has 2 aromatic rings. The monoisotopic (exact) mass is 362 g/mol. The van der Waals surface area contributed by atoms with Crippen molar-refractivity contribution in [2.45, 2.75) is 4.90 Å². The third-order valence-corrected chi connectivity index (χ3v) is 4.81. The van der Waals surface area contributed by atoms with Gasteiger partial charge in [0.1, 0.15) is 16.4 Å². The van der Waals surface area contributed by atoms with Gasteiger partial charge in [-0.15, -0.1) is 0 Å². The maximum atomic E-state index is 13.6. The van der Waals surface area contributed by atoms with Gasteiger partial charge in [-0.3, -0.25) is 4.72 Å². The molecule has 0 aliphatic carbocycles. The minimum atomic E-state index is -4.04. The molecule has 0 amide bonds. The Hall–Kier alpha value is -1.67. The number of halogens is 3. The van der Waals surface area contributed by atoms with Crippen LogP contribution in [0.2, 0.25) is 0 Å². The molecule has 8 heteroatoms. The Morgan fingerprint density at radius 1 is 1.15 bits per heavy atom. The molecule has 0 aliphatic rings. The smallest absolute Gasteiger partial charge is 0.263 e. The Bertz CT molecular complexity index is 743. The summed E-state index contributed by atoms with van der Waals surface area (Å²) in [5.41, 5.74) is 4.61. The molecule has 0 heterocycles. The van der Waals surface area contributed by atoms with Crippen LogP contribution in [-0.2, 0) is 10.0 Å². The number of nitrogen functional groups attached to an aromatic ring is 1. The largest absolute Gasteiger partial charge is 0.397 e. The average Bonchev–Trinajstić information content (AvgIpc) is 2.34. The topological polar surface area (TPSA) is 72.2 Å². The van der Waals surface area contributed by atoms with Crippen LogP contribution < -0.4 is 10.5 Å². The second kappa shape index (κ2) is 5.37. The number of rotatable bonds is 3. The molecule has 106 valence electrons. The highest BCUT2D eigenvalue weighted by Crippen LogP contribution is 2.29. The summed E-state index contributed by atoms with van der Waals surface area (Å²) < 4.78 is 53.2. The van der Waals surface area contributed by atoms with Crippen LogP contribution in [0.25, 0.3) is 0 Å². The minimum Gasteiger partial charge on any atom is -0.397 e. The van der Waals surface area contributed by atoms with Crippen LogP contribution in [-0.4, -0.2) is 8.42 Å². The van der Waals surface area contributed by atoms with E-state index in [4.69, 9.17) is 5.73 Å². The molecule has 3 N–H and O–H groups in total. The first kappa shape index (κ1) is 14.7. The summed E-state index contributed by atoms with van der Waals surface area (Å²) in [5.74, 6) is -1.97. The molecule has 0 atom stereocenters. The van der Waals surface area contributed by atoms with E-state index in [0.717, 1.165) is 6.07 Å². The van der Waals surface area contributed by atoms with Gasteiger partial charge in [0.05, 0.1) is 5.69 Å². The van der Waals surface area contributed by atoms with Gasteiger partial charge >= 0.3 is 0 Å². The van der Waals surface area contributed by atoms with E-state index in [-0.39, 0.29) is 10.6 Å². The number of benzene rings is 2. The van der Waals surface area contributed by atoms with Crippen LogP contribution >= 0.6 is 15.9 Å². The van der Waals surface area contributed by atoms with Gasteiger partial charge in [-0.2, -0.15) is 0 Å². The van der Waals surface area contributed by atoms with E-state index in [1.807, 2.05) is 4.72 Å². The molecule has 0 aromatic heterocycles. The van der Waals surface area contributed by atoms with Gasteiger partial charge in [0.2, 0.25) is 0 Å². The highest BCUT2D eigenvalue weighted by molar-refractivity contribution is 9.10. The van der Waals surface area contributed by atoms with E-state index < -0.39 is 27.3 Å². The highest BCUT2D eigenvalue weighted by atomic mass is 79.9.